The Morgan fingerprint density at radius 1 is 1.25 bits per heavy atom. The molecular formula is C27H25ClFN5O2. The topological polar surface area (TPSA) is 79.4 Å². The van der Waals surface area contributed by atoms with E-state index in [1.54, 1.807) is 18.2 Å². The van der Waals surface area contributed by atoms with Gasteiger partial charge in [0.05, 0.1) is 35.0 Å². The van der Waals surface area contributed by atoms with Crippen LogP contribution in [0.5, 0.6) is 0 Å². The lowest BCUT2D eigenvalue weighted by molar-refractivity contribution is -0.111. The summed E-state index contributed by atoms with van der Waals surface area (Å²) in [5.41, 5.74) is 2.47. The third-order valence-electron chi connectivity index (χ3n) is 6.28. The van der Waals surface area contributed by atoms with Gasteiger partial charge in [-0.1, -0.05) is 29.5 Å². The van der Waals surface area contributed by atoms with Gasteiger partial charge in [0.1, 0.15) is 18.0 Å². The molecule has 2 fully saturated rings. The van der Waals surface area contributed by atoms with Crippen LogP contribution < -0.4 is 10.6 Å². The first kappa shape index (κ1) is 24.2. The number of likely N-dealkylation sites (N-methyl/N-ethyl adjacent to an activating group) is 1. The van der Waals surface area contributed by atoms with Gasteiger partial charge in [-0.2, -0.15) is 0 Å². The van der Waals surface area contributed by atoms with Crippen LogP contribution >= 0.6 is 11.6 Å². The summed E-state index contributed by atoms with van der Waals surface area (Å²) in [6.45, 7) is 2.17. The summed E-state index contributed by atoms with van der Waals surface area (Å²) in [7, 11) is 3.86. The third-order valence-corrected chi connectivity index (χ3v) is 6.57. The molecule has 9 heteroatoms. The summed E-state index contributed by atoms with van der Waals surface area (Å²) in [4.78, 5) is 23.4. The van der Waals surface area contributed by atoms with Crippen LogP contribution in [0, 0.1) is 35.4 Å². The molecule has 1 aromatic heterocycles. The molecule has 184 valence electrons. The van der Waals surface area contributed by atoms with E-state index in [0.717, 1.165) is 13.2 Å². The van der Waals surface area contributed by atoms with Crippen molar-refractivity contribution >= 4 is 45.6 Å². The summed E-state index contributed by atoms with van der Waals surface area (Å²) in [6.07, 6.45) is 4.74. The van der Waals surface area contributed by atoms with Crippen molar-refractivity contribution in [3.63, 3.8) is 0 Å². The Kier molecular flexibility index (Phi) is 6.88. The van der Waals surface area contributed by atoms with Crippen LogP contribution in [0.1, 0.15) is 5.56 Å². The van der Waals surface area contributed by atoms with Crippen LogP contribution in [0.2, 0.25) is 5.02 Å². The number of benzene rings is 2. The highest BCUT2D eigenvalue weighted by Gasteiger charge is 2.53. The second kappa shape index (κ2) is 10.2. The number of carbonyl (C=O) groups is 1. The molecule has 2 aliphatic rings. The van der Waals surface area contributed by atoms with Crippen LogP contribution in [0.4, 0.5) is 21.6 Å². The maximum Gasteiger partial charge on any atom is 0.248 e. The maximum absolute atomic E-state index is 13.6. The molecule has 5 rings (SSSR count). The molecule has 1 aliphatic heterocycles. The second-order valence-corrected chi connectivity index (χ2v) is 9.61. The van der Waals surface area contributed by atoms with Gasteiger partial charge >= 0.3 is 0 Å². The number of rotatable bonds is 6. The molecule has 2 heterocycles. The first-order valence-corrected chi connectivity index (χ1v) is 12.0. The number of amides is 1. The highest BCUT2D eigenvalue weighted by Crippen LogP contribution is 2.50. The number of nitrogens with one attached hydrogen (secondary N) is 2. The first-order chi connectivity index (χ1) is 17.4. The predicted molar refractivity (Wildman–Crippen MR) is 139 cm³/mol. The molecule has 0 spiro atoms. The third kappa shape index (κ3) is 5.34. The molecular weight excluding hydrogens is 481 g/mol. The van der Waals surface area contributed by atoms with E-state index >= 15 is 0 Å². The molecule has 36 heavy (non-hydrogen) atoms. The number of anilines is 3. The lowest BCUT2D eigenvalue weighted by Crippen LogP contribution is -2.13. The van der Waals surface area contributed by atoms with Crippen molar-refractivity contribution in [2.45, 2.75) is 0 Å². The fourth-order valence-electron chi connectivity index (χ4n) is 4.28. The summed E-state index contributed by atoms with van der Waals surface area (Å²) in [5, 5.41) is 6.79. The van der Waals surface area contributed by atoms with Crippen molar-refractivity contribution in [2.75, 3.05) is 44.5 Å². The summed E-state index contributed by atoms with van der Waals surface area (Å²) in [6, 6.07) is 8.00. The molecule has 0 bridgehead atoms. The van der Waals surface area contributed by atoms with E-state index in [1.165, 1.54) is 24.5 Å². The van der Waals surface area contributed by atoms with Crippen molar-refractivity contribution in [2.24, 2.45) is 17.8 Å². The van der Waals surface area contributed by atoms with E-state index in [-0.39, 0.29) is 10.9 Å². The second-order valence-electron chi connectivity index (χ2n) is 9.21. The molecule has 2 N–H and O–H groups in total. The minimum absolute atomic E-state index is 0.00336. The SMILES string of the molecule is CN(C)CC=CC(=O)Nc1cc2c(Nc3ccc(F)c(Cl)c3)ncnc2cc1C#CC1[C@H]2COC[C@@H]12. The predicted octanol–water partition coefficient (Wildman–Crippen LogP) is 4.47. The number of hydrogen-bond donors (Lipinski definition) is 2. The standard InChI is InChI=1S/C27H25ClFN5O2/c1-34(2)9-3-4-26(35)33-24-12-19-25(10-16(24)5-7-18-20-13-36-14-21(18)20)30-15-31-27(19)32-17-6-8-23(29)22(28)11-17/h3-4,6,8,10-12,15,18,20-21H,9,13-14H2,1-2H3,(H,33,35)(H,30,31,32)/t18?,20-,21+. The Balaban J connectivity index is 1.49. The number of halogens is 2. The number of ether oxygens (including phenoxy) is 1. The van der Waals surface area contributed by atoms with Gasteiger partial charge in [-0.05, 0) is 44.4 Å². The smallest absolute Gasteiger partial charge is 0.248 e. The van der Waals surface area contributed by atoms with Crippen molar-refractivity contribution in [1.29, 1.82) is 0 Å². The Morgan fingerprint density at radius 3 is 2.81 bits per heavy atom. The number of hydrogen-bond acceptors (Lipinski definition) is 6. The van der Waals surface area contributed by atoms with Gasteiger partial charge in [0.25, 0.3) is 0 Å². The van der Waals surface area contributed by atoms with Crippen molar-refractivity contribution in [1.82, 2.24) is 14.9 Å². The number of carbonyl (C=O) groups excluding carboxylic acids is 1. The lowest BCUT2D eigenvalue weighted by Gasteiger charge is -2.12. The van der Waals surface area contributed by atoms with Gasteiger partial charge in [0, 0.05) is 41.4 Å². The molecule has 3 atom stereocenters. The molecule has 1 amide bonds. The Labute approximate surface area is 213 Å². The number of fused-ring (bicyclic) bond motifs is 2. The van der Waals surface area contributed by atoms with Gasteiger partial charge in [-0.3, -0.25) is 4.79 Å². The van der Waals surface area contributed by atoms with Crippen molar-refractivity contribution in [3.05, 3.63) is 65.2 Å². The summed E-state index contributed by atoms with van der Waals surface area (Å²) in [5.74, 6) is 7.70. The monoisotopic (exact) mass is 505 g/mol. The van der Waals surface area contributed by atoms with Gasteiger partial charge in [0.2, 0.25) is 5.91 Å². The normalized spacial score (nSPS) is 20.3. The average Bonchev–Trinajstić information content (AvgIpc) is 3.26. The number of aromatic nitrogens is 2. The van der Waals surface area contributed by atoms with Crippen LogP contribution in [0.15, 0.2) is 48.8 Å². The minimum atomic E-state index is -0.503. The molecule has 2 aromatic carbocycles. The molecule has 1 saturated carbocycles. The molecule has 1 unspecified atom stereocenters. The molecule has 1 aliphatic carbocycles. The van der Waals surface area contributed by atoms with Crippen LogP contribution in [-0.2, 0) is 9.53 Å². The average molecular weight is 506 g/mol. The molecule has 1 saturated heterocycles. The van der Waals surface area contributed by atoms with E-state index in [4.69, 9.17) is 16.3 Å². The van der Waals surface area contributed by atoms with Crippen LogP contribution in [0.25, 0.3) is 10.9 Å². The fourth-order valence-corrected chi connectivity index (χ4v) is 4.46. The van der Waals surface area contributed by atoms with Gasteiger partial charge in [-0.15, -0.1) is 0 Å². The van der Waals surface area contributed by atoms with Crippen LogP contribution in [-0.4, -0.2) is 54.6 Å². The van der Waals surface area contributed by atoms with Gasteiger partial charge < -0.3 is 20.3 Å². The zero-order chi connectivity index (χ0) is 25.2. The zero-order valence-corrected chi connectivity index (χ0v) is 20.6. The fraction of sp³-hybridized carbons (Fsp3) is 0.296. The van der Waals surface area contributed by atoms with E-state index in [9.17, 15) is 9.18 Å². The highest BCUT2D eigenvalue weighted by molar-refractivity contribution is 6.31. The maximum atomic E-state index is 13.6. The number of nitrogens with zero attached hydrogens (tertiary/aromatic N) is 3. The van der Waals surface area contributed by atoms with Crippen molar-refractivity contribution in [3.8, 4) is 11.8 Å². The van der Waals surface area contributed by atoms with E-state index in [0.29, 0.717) is 58.0 Å². The molecule has 0 radical (unpaired) electrons. The Bertz CT molecular complexity index is 1400. The van der Waals surface area contributed by atoms with Gasteiger partial charge in [-0.25, -0.2) is 14.4 Å². The zero-order valence-electron chi connectivity index (χ0n) is 19.9. The largest absolute Gasteiger partial charge is 0.381 e. The Morgan fingerprint density at radius 2 is 2.06 bits per heavy atom. The Hall–Kier alpha value is -3.51. The van der Waals surface area contributed by atoms with E-state index in [1.807, 2.05) is 25.1 Å². The van der Waals surface area contributed by atoms with E-state index in [2.05, 4.69) is 32.4 Å². The first-order valence-electron chi connectivity index (χ1n) is 11.6. The molecule has 3 aromatic rings. The van der Waals surface area contributed by atoms with Gasteiger partial charge in [0.15, 0.2) is 0 Å². The lowest BCUT2D eigenvalue weighted by atomic mass is 10.1. The van der Waals surface area contributed by atoms with Crippen molar-refractivity contribution < 1.29 is 13.9 Å². The summed E-state index contributed by atoms with van der Waals surface area (Å²) >= 11 is 5.94. The molecule has 7 nitrogen and oxygen atoms in total. The minimum Gasteiger partial charge on any atom is -0.381 e. The van der Waals surface area contributed by atoms with Crippen LogP contribution in [0.3, 0.4) is 0 Å². The quantitative estimate of drug-likeness (QED) is 0.380. The van der Waals surface area contributed by atoms with E-state index < -0.39 is 5.82 Å². The highest BCUT2D eigenvalue weighted by atomic mass is 35.5. The summed E-state index contributed by atoms with van der Waals surface area (Å²) < 4.78 is 19.1.